The molecule has 8 nitrogen and oxygen atoms in total. The van der Waals surface area contributed by atoms with E-state index in [0.717, 1.165) is 56.3 Å². The van der Waals surface area contributed by atoms with E-state index >= 15 is 0 Å². The number of aryl methyl sites for hydroxylation is 1. The lowest BCUT2D eigenvalue weighted by molar-refractivity contribution is 0.107. The molecule has 26 heavy (non-hydrogen) atoms. The Kier molecular flexibility index (Phi) is 6.31. The van der Waals surface area contributed by atoms with Crippen LogP contribution < -0.4 is 5.32 Å². The first-order chi connectivity index (χ1) is 12.5. The Morgan fingerprint density at radius 2 is 1.88 bits per heavy atom. The van der Waals surface area contributed by atoms with Gasteiger partial charge in [-0.15, -0.1) is 11.3 Å². The first-order valence-electron chi connectivity index (χ1n) is 9.07. The van der Waals surface area contributed by atoms with E-state index in [0.29, 0.717) is 13.1 Å². The van der Waals surface area contributed by atoms with E-state index in [1.807, 2.05) is 11.8 Å². The van der Waals surface area contributed by atoms with Crippen LogP contribution in [0.4, 0.5) is 9.59 Å². The molecular weight excluding hydrogens is 354 g/mol. The molecule has 144 valence electrons. The fourth-order valence-electron chi connectivity index (χ4n) is 3.42. The van der Waals surface area contributed by atoms with Crippen LogP contribution in [0.25, 0.3) is 0 Å². The van der Waals surface area contributed by atoms with Gasteiger partial charge in [-0.25, -0.2) is 14.6 Å². The third-order valence-electron chi connectivity index (χ3n) is 4.97. The summed E-state index contributed by atoms with van der Waals surface area (Å²) in [7, 11) is 1.39. The highest BCUT2D eigenvalue weighted by atomic mass is 32.1. The number of urea groups is 1. The van der Waals surface area contributed by atoms with Gasteiger partial charge in [0, 0.05) is 57.2 Å². The summed E-state index contributed by atoms with van der Waals surface area (Å²) < 4.78 is 4.74. The molecule has 2 saturated heterocycles. The molecule has 2 aliphatic heterocycles. The Bertz CT molecular complexity index is 622. The Labute approximate surface area is 158 Å². The van der Waals surface area contributed by atoms with Crippen molar-refractivity contribution in [2.24, 2.45) is 0 Å². The molecule has 0 spiro atoms. The van der Waals surface area contributed by atoms with E-state index < -0.39 is 0 Å². The number of thiazole rings is 1. The summed E-state index contributed by atoms with van der Waals surface area (Å²) >= 11 is 1.68. The molecule has 3 heterocycles. The first kappa shape index (κ1) is 18.9. The van der Waals surface area contributed by atoms with Crippen molar-refractivity contribution in [1.29, 1.82) is 0 Å². The second kappa shape index (κ2) is 8.68. The summed E-state index contributed by atoms with van der Waals surface area (Å²) in [6, 6.07) is 0.130. The number of carbonyl (C=O) groups excluding carboxylic acids is 2. The second-order valence-electron chi connectivity index (χ2n) is 6.80. The van der Waals surface area contributed by atoms with Crippen LogP contribution in [0.2, 0.25) is 0 Å². The minimum Gasteiger partial charge on any atom is -0.453 e. The summed E-state index contributed by atoms with van der Waals surface area (Å²) in [4.78, 5) is 34.4. The molecule has 9 heteroatoms. The van der Waals surface area contributed by atoms with Gasteiger partial charge in [0.2, 0.25) is 0 Å². The summed E-state index contributed by atoms with van der Waals surface area (Å²) in [6.07, 6.45) is 1.25. The number of nitrogens with one attached hydrogen (secondary N) is 1. The number of amides is 3. The number of rotatable bonds is 3. The van der Waals surface area contributed by atoms with Crippen molar-refractivity contribution < 1.29 is 14.3 Å². The molecular formula is C17H27N5O3S. The van der Waals surface area contributed by atoms with Gasteiger partial charge in [0.1, 0.15) is 0 Å². The first-order valence-corrected chi connectivity index (χ1v) is 9.95. The van der Waals surface area contributed by atoms with Crippen LogP contribution in [0.15, 0.2) is 5.38 Å². The standard InChI is InChI=1S/C17H27N5O3S/c1-13-18-15(12-26-13)11-20-7-9-21(10-8-20)16(23)19-14-3-5-22(6-4-14)17(24)25-2/h12,14H,3-11H2,1-2H3,(H,19,23). The normalized spacial score (nSPS) is 19.5. The fourth-order valence-corrected chi connectivity index (χ4v) is 4.02. The van der Waals surface area contributed by atoms with Crippen molar-refractivity contribution in [3.8, 4) is 0 Å². The minimum absolute atomic E-state index is 0.00525. The second-order valence-corrected chi connectivity index (χ2v) is 7.86. The van der Waals surface area contributed by atoms with E-state index in [4.69, 9.17) is 4.74 Å². The molecule has 0 radical (unpaired) electrons. The molecule has 0 aliphatic carbocycles. The Morgan fingerprint density at radius 3 is 2.46 bits per heavy atom. The molecule has 3 amide bonds. The highest BCUT2D eigenvalue weighted by Gasteiger charge is 2.27. The van der Waals surface area contributed by atoms with Crippen molar-refractivity contribution in [3.05, 3.63) is 16.1 Å². The van der Waals surface area contributed by atoms with E-state index in [2.05, 4.69) is 20.6 Å². The number of hydrogen-bond donors (Lipinski definition) is 1. The average Bonchev–Trinajstić information content (AvgIpc) is 3.07. The number of nitrogens with zero attached hydrogens (tertiary/aromatic N) is 4. The SMILES string of the molecule is COC(=O)N1CCC(NC(=O)N2CCN(Cc3csc(C)n3)CC2)CC1. The molecule has 0 bridgehead atoms. The molecule has 2 fully saturated rings. The van der Waals surface area contributed by atoms with Gasteiger partial charge in [0.25, 0.3) is 0 Å². The smallest absolute Gasteiger partial charge is 0.409 e. The van der Waals surface area contributed by atoms with Crippen molar-refractivity contribution >= 4 is 23.5 Å². The van der Waals surface area contributed by atoms with Gasteiger partial charge in [0.15, 0.2) is 0 Å². The molecule has 3 rings (SSSR count). The van der Waals surface area contributed by atoms with Crippen LogP contribution in [0.5, 0.6) is 0 Å². The van der Waals surface area contributed by atoms with Crippen molar-refractivity contribution in [1.82, 2.24) is 25.0 Å². The third kappa shape index (κ3) is 4.85. The number of carbonyl (C=O) groups is 2. The van der Waals surface area contributed by atoms with E-state index in [1.165, 1.54) is 7.11 Å². The van der Waals surface area contributed by atoms with E-state index in [9.17, 15) is 9.59 Å². The van der Waals surface area contributed by atoms with Crippen molar-refractivity contribution in [2.75, 3.05) is 46.4 Å². The predicted molar refractivity (Wildman–Crippen MR) is 99.2 cm³/mol. The number of hydrogen-bond acceptors (Lipinski definition) is 6. The van der Waals surface area contributed by atoms with Crippen LogP contribution in [-0.4, -0.2) is 84.2 Å². The number of aromatic nitrogens is 1. The summed E-state index contributed by atoms with van der Waals surface area (Å²) in [6.45, 7) is 7.32. The molecule has 1 N–H and O–H groups in total. The zero-order chi connectivity index (χ0) is 18.5. The maximum atomic E-state index is 12.5. The van der Waals surface area contributed by atoms with Crippen LogP contribution in [0, 0.1) is 6.92 Å². The number of methoxy groups -OCH3 is 1. The van der Waals surface area contributed by atoms with Gasteiger partial charge in [-0.3, -0.25) is 4.90 Å². The third-order valence-corrected chi connectivity index (χ3v) is 5.79. The fraction of sp³-hybridized carbons (Fsp3) is 0.706. The maximum Gasteiger partial charge on any atom is 0.409 e. The lowest BCUT2D eigenvalue weighted by Crippen LogP contribution is -2.54. The maximum absolute atomic E-state index is 12.5. The molecule has 1 aromatic rings. The molecule has 0 saturated carbocycles. The average molecular weight is 382 g/mol. The zero-order valence-corrected chi connectivity index (χ0v) is 16.3. The molecule has 0 atom stereocenters. The van der Waals surface area contributed by atoms with Crippen LogP contribution >= 0.6 is 11.3 Å². The van der Waals surface area contributed by atoms with Crippen LogP contribution in [0.3, 0.4) is 0 Å². The summed E-state index contributed by atoms with van der Waals surface area (Å²) in [5.74, 6) is 0. The topological polar surface area (TPSA) is 78.0 Å². The lowest BCUT2D eigenvalue weighted by Gasteiger charge is -2.36. The number of piperazine rings is 1. The number of piperidine rings is 1. The largest absolute Gasteiger partial charge is 0.453 e. The van der Waals surface area contributed by atoms with Crippen molar-refractivity contribution in [3.63, 3.8) is 0 Å². The van der Waals surface area contributed by atoms with Crippen molar-refractivity contribution in [2.45, 2.75) is 32.4 Å². The summed E-state index contributed by atoms with van der Waals surface area (Å²) in [5, 5.41) is 6.31. The Hall–Kier alpha value is -1.87. The number of ether oxygens (including phenoxy) is 1. The molecule has 2 aliphatic rings. The number of likely N-dealkylation sites (tertiary alicyclic amines) is 1. The molecule has 0 aromatic carbocycles. The van der Waals surface area contributed by atoms with Gasteiger partial charge in [-0.1, -0.05) is 0 Å². The van der Waals surface area contributed by atoms with Gasteiger partial charge >= 0.3 is 12.1 Å². The minimum atomic E-state index is -0.291. The highest BCUT2D eigenvalue weighted by Crippen LogP contribution is 2.14. The van der Waals surface area contributed by atoms with Gasteiger partial charge < -0.3 is 19.9 Å². The predicted octanol–water partition coefficient (Wildman–Crippen LogP) is 1.51. The van der Waals surface area contributed by atoms with E-state index in [1.54, 1.807) is 16.2 Å². The Balaban J connectivity index is 1.38. The monoisotopic (exact) mass is 381 g/mol. The molecule has 0 unspecified atom stereocenters. The Morgan fingerprint density at radius 1 is 1.19 bits per heavy atom. The highest BCUT2D eigenvalue weighted by molar-refractivity contribution is 7.09. The molecule has 1 aromatic heterocycles. The summed E-state index contributed by atoms with van der Waals surface area (Å²) in [5.41, 5.74) is 1.11. The zero-order valence-electron chi connectivity index (χ0n) is 15.4. The lowest BCUT2D eigenvalue weighted by atomic mass is 10.1. The van der Waals surface area contributed by atoms with Gasteiger partial charge in [-0.2, -0.15) is 0 Å². The van der Waals surface area contributed by atoms with Gasteiger partial charge in [-0.05, 0) is 19.8 Å². The van der Waals surface area contributed by atoms with Gasteiger partial charge in [0.05, 0.1) is 17.8 Å². The van der Waals surface area contributed by atoms with Crippen LogP contribution in [0.1, 0.15) is 23.5 Å². The van der Waals surface area contributed by atoms with Crippen LogP contribution in [-0.2, 0) is 11.3 Å². The quantitative estimate of drug-likeness (QED) is 0.859. The van der Waals surface area contributed by atoms with E-state index in [-0.39, 0.29) is 18.2 Å².